The zero-order chi connectivity index (χ0) is 12.0. The van der Waals surface area contributed by atoms with Crippen molar-refractivity contribution < 1.29 is 0 Å². The fraction of sp³-hybridized carbons (Fsp3) is 0.545. The highest BCUT2D eigenvalue weighted by Gasteiger charge is 2.05. The number of rotatable bonds is 4. The number of hydrazine groups is 1. The molecule has 1 unspecified atom stereocenters. The largest absolute Gasteiger partial charge is 0.353 e. The van der Waals surface area contributed by atoms with Gasteiger partial charge in [0.05, 0.1) is 6.04 Å². The van der Waals surface area contributed by atoms with E-state index in [1.807, 2.05) is 0 Å². The molecule has 1 aromatic heterocycles. The lowest BCUT2D eigenvalue weighted by molar-refractivity contribution is 0.676. The van der Waals surface area contributed by atoms with Crippen LogP contribution in [0.3, 0.4) is 0 Å². The van der Waals surface area contributed by atoms with Crippen LogP contribution in [0.2, 0.25) is 0 Å². The van der Waals surface area contributed by atoms with Gasteiger partial charge in [-0.3, -0.25) is 5.43 Å². The molecule has 1 rings (SSSR count). The fourth-order valence-corrected chi connectivity index (χ4v) is 2.20. The molecule has 0 aliphatic rings. The second-order valence-electron chi connectivity index (χ2n) is 4.05. The lowest BCUT2D eigenvalue weighted by atomic mass is 10.2. The predicted molar refractivity (Wildman–Crippen MR) is 70.5 cm³/mol. The van der Waals surface area contributed by atoms with E-state index in [4.69, 9.17) is 5.84 Å². The van der Waals surface area contributed by atoms with Crippen molar-refractivity contribution in [2.45, 2.75) is 39.3 Å². The van der Waals surface area contributed by atoms with Crippen molar-refractivity contribution in [3.63, 3.8) is 0 Å². The molecule has 16 heavy (non-hydrogen) atoms. The monoisotopic (exact) mass is 240 g/mol. The Hall–Kier alpha value is -1.07. The van der Waals surface area contributed by atoms with E-state index in [2.05, 4.69) is 54.0 Å². The van der Waals surface area contributed by atoms with E-state index in [-0.39, 0.29) is 6.04 Å². The van der Waals surface area contributed by atoms with E-state index in [1.54, 1.807) is 11.3 Å². The molecule has 0 spiro atoms. The zero-order valence-electron chi connectivity index (χ0n) is 10.0. The number of nitrogens with zero attached hydrogens (tertiary/aromatic N) is 1. The predicted octanol–water partition coefficient (Wildman–Crippen LogP) is 1.50. The van der Waals surface area contributed by atoms with Crippen LogP contribution in [0.15, 0.2) is 22.5 Å². The summed E-state index contributed by atoms with van der Waals surface area (Å²) < 4.78 is 0. The highest BCUT2D eigenvalue weighted by molar-refractivity contribution is 7.09. The topological polar surface area (TPSA) is 62.4 Å². The highest BCUT2D eigenvalue weighted by atomic mass is 32.1. The van der Waals surface area contributed by atoms with Gasteiger partial charge in [-0.05, 0) is 32.2 Å². The average molecular weight is 240 g/mol. The average Bonchev–Trinajstić information content (AvgIpc) is 2.68. The van der Waals surface area contributed by atoms with Crippen molar-refractivity contribution in [1.29, 1.82) is 0 Å². The molecule has 0 saturated carbocycles. The molecule has 0 radical (unpaired) electrons. The molecular weight excluding hydrogens is 220 g/mol. The Kier molecular flexibility index (Phi) is 5.28. The van der Waals surface area contributed by atoms with Crippen LogP contribution in [0.4, 0.5) is 0 Å². The summed E-state index contributed by atoms with van der Waals surface area (Å²) in [7, 11) is 0. The second kappa shape index (κ2) is 6.50. The molecular formula is C11H20N4S. The number of nitrogens with one attached hydrogen (secondary N) is 2. The van der Waals surface area contributed by atoms with Gasteiger partial charge in [0.1, 0.15) is 0 Å². The third kappa shape index (κ3) is 4.63. The van der Waals surface area contributed by atoms with Gasteiger partial charge in [0.25, 0.3) is 0 Å². The van der Waals surface area contributed by atoms with Crippen LogP contribution < -0.4 is 16.6 Å². The quantitative estimate of drug-likeness (QED) is 0.323. The first kappa shape index (κ1) is 13.0. The van der Waals surface area contributed by atoms with Crippen LogP contribution in [0.1, 0.15) is 25.6 Å². The molecule has 4 nitrogen and oxygen atoms in total. The van der Waals surface area contributed by atoms with Gasteiger partial charge in [-0.25, -0.2) is 10.8 Å². The van der Waals surface area contributed by atoms with Crippen molar-refractivity contribution in [3.8, 4) is 0 Å². The number of guanidine groups is 1. The summed E-state index contributed by atoms with van der Waals surface area (Å²) in [6, 6.07) is 4.73. The molecule has 1 heterocycles. The van der Waals surface area contributed by atoms with Crippen molar-refractivity contribution in [3.05, 3.63) is 22.4 Å². The van der Waals surface area contributed by atoms with E-state index in [0.717, 1.165) is 6.42 Å². The van der Waals surface area contributed by atoms with Gasteiger partial charge in [0.2, 0.25) is 5.96 Å². The molecule has 0 saturated heterocycles. The maximum absolute atomic E-state index is 5.40. The number of thiophene rings is 1. The smallest absolute Gasteiger partial charge is 0.206 e. The summed E-state index contributed by atoms with van der Waals surface area (Å²) in [5, 5.41) is 5.24. The first-order chi connectivity index (χ1) is 7.61. The third-order valence-electron chi connectivity index (χ3n) is 1.99. The van der Waals surface area contributed by atoms with Crippen LogP contribution in [0, 0.1) is 0 Å². The third-order valence-corrected chi connectivity index (χ3v) is 2.89. The Bertz CT molecular complexity index is 319. The van der Waals surface area contributed by atoms with E-state index in [9.17, 15) is 0 Å². The SMILES string of the molecule is CC(Cc1cccs1)N=C(NN)NC(C)C. The summed E-state index contributed by atoms with van der Waals surface area (Å²) in [6.45, 7) is 6.19. The Morgan fingerprint density at radius 1 is 1.50 bits per heavy atom. The molecule has 0 aliphatic heterocycles. The van der Waals surface area contributed by atoms with E-state index in [1.165, 1.54) is 4.88 Å². The van der Waals surface area contributed by atoms with Crippen LogP contribution in [0.5, 0.6) is 0 Å². The van der Waals surface area contributed by atoms with Crippen molar-refractivity contribution in [1.82, 2.24) is 10.7 Å². The van der Waals surface area contributed by atoms with Gasteiger partial charge in [-0.2, -0.15) is 0 Å². The Labute approximate surface area is 101 Å². The lowest BCUT2D eigenvalue weighted by Crippen LogP contribution is -2.45. The van der Waals surface area contributed by atoms with Crippen LogP contribution in [-0.2, 0) is 6.42 Å². The zero-order valence-corrected chi connectivity index (χ0v) is 10.8. The Morgan fingerprint density at radius 3 is 2.75 bits per heavy atom. The molecule has 90 valence electrons. The molecule has 0 aromatic carbocycles. The van der Waals surface area contributed by atoms with Gasteiger partial charge in [0.15, 0.2) is 0 Å². The van der Waals surface area contributed by atoms with E-state index >= 15 is 0 Å². The summed E-state index contributed by atoms with van der Waals surface area (Å²) in [5.74, 6) is 6.05. The number of hydrogen-bond donors (Lipinski definition) is 3. The molecule has 0 amide bonds. The molecule has 0 bridgehead atoms. The first-order valence-corrected chi connectivity index (χ1v) is 6.33. The minimum absolute atomic E-state index is 0.218. The van der Waals surface area contributed by atoms with Crippen LogP contribution >= 0.6 is 11.3 Å². The number of nitrogens with two attached hydrogens (primary N) is 1. The van der Waals surface area contributed by atoms with Gasteiger partial charge in [-0.15, -0.1) is 11.3 Å². The van der Waals surface area contributed by atoms with E-state index in [0.29, 0.717) is 12.0 Å². The fourth-order valence-electron chi connectivity index (χ4n) is 1.38. The van der Waals surface area contributed by atoms with Crippen LogP contribution in [-0.4, -0.2) is 18.0 Å². The van der Waals surface area contributed by atoms with Gasteiger partial charge >= 0.3 is 0 Å². The van der Waals surface area contributed by atoms with Gasteiger partial charge < -0.3 is 5.32 Å². The van der Waals surface area contributed by atoms with Crippen molar-refractivity contribution in [2.24, 2.45) is 10.8 Å². The molecule has 0 aliphatic carbocycles. The summed E-state index contributed by atoms with van der Waals surface area (Å²) in [6.07, 6.45) is 0.947. The maximum atomic E-state index is 5.40. The first-order valence-electron chi connectivity index (χ1n) is 5.45. The minimum Gasteiger partial charge on any atom is -0.353 e. The standard InChI is InChI=1S/C11H20N4S/c1-8(2)13-11(15-12)14-9(3)7-10-5-4-6-16-10/h4-6,8-9H,7,12H2,1-3H3,(H2,13,14,15). The van der Waals surface area contributed by atoms with Gasteiger partial charge in [0, 0.05) is 17.3 Å². The number of aliphatic imine (C=N–C) groups is 1. The van der Waals surface area contributed by atoms with Gasteiger partial charge in [-0.1, -0.05) is 6.07 Å². The summed E-state index contributed by atoms with van der Waals surface area (Å²) in [5.41, 5.74) is 2.59. The molecule has 1 aromatic rings. The number of hydrogen-bond acceptors (Lipinski definition) is 3. The summed E-state index contributed by atoms with van der Waals surface area (Å²) >= 11 is 1.76. The molecule has 4 N–H and O–H groups in total. The highest BCUT2D eigenvalue weighted by Crippen LogP contribution is 2.12. The molecule has 5 heteroatoms. The van der Waals surface area contributed by atoms with E-state index < -0.39 is 0 Å². The minimum atomic E-state index is 0.218. The normalized spacial score (nSPS) is 13.9. The molecule has 0 fully saturated rings. The Balaban J connectivity index is 2.52. The second-order valence-corrected chi connectivity index (χ2v) is 5.09. The van der Waals surface area contributed by atoms with Crippen LogP contribution in [0.25, 0.3) is 0 Å². The maximum Gasteiger partial charge on any atom is 0.206 e. The van der Waals surface area contributed by atoms with Crippen molar-refractivity contribution in [2.75, 3.05) is 0 Å². The summed E-state index contributed by atoms with van der Waals surface area (Å²) in [4.78, 5) is 5.83. The lowest BCUT2D eigenvalue weighted by Gasteiger charge is -2.14. The van der Waals surface area contributed by atoms with Crippen molar-refractivity contribution >= 4 is 17.3 Å². The Morgan fingerprint density at radius 2 is 2.25 bits per heavy atom. The molecule has 1 atom stereocenters.